The van der Waals surface area contributed by atoms with Crippen molar-refractivity contribution in [1.29, 1.82) is 0 Å². The smallest absolute Gasteiger partial charge is 0.306 e. The zero-order valence-electron chi connectivity index (χ0n) is 10.1. The fraction of sp³-hybridized carbons (Fsp3) is 0.462. The van der Waals surface area contributed by atoms with Gasteiger partial charge in [0.15, 0.2) is 5.79 Å². The van der Waals surface area contributed by atoms with Gasteiger partial charge in [-0.3, -0.25) is 4.79 Å². The Bertz CT molecular complexity index is 445. The van der Waals surface area contributed by atoms with Gasteiger partial charge in [-0.25, -0.2) is 0 Å². The van der Waals surface area contributed by atoms with E-state index in [9.17, 15) is 9.90 Å². The van der Waals surface area contributed by atoms with Crippen molar-refractivity contribution in [1.82, 2.24) is 0 Å². The first kappa shape index (κ1) is 12.9. The van der Waals surface area contributed by atoms with Gasteiger partial charge in [-0.15, -0.1) is 0 Å². The van der Waals surface area contributed by atoms with E-state index >= 15 is 0 Å². The van der Waals surface area contributed by atoms with Gasteiger partial charge in [-0.2, -0.15) is 0 Å². The number of rotatable bonds is 4. The first-order chi connectivity index (χ1) is 8.48. The minimum absolute atomic E-state index is 0.0731. The summed E-state index contributed by atoms with van der Waals surface area (Å²) in [5.41, 5.74) is 0.718. The highest BCUT2D eigenvalue weighted by Crippen LogP contribution is 2.31. The molecule has 18 heavy (non-hydrogen) atoms. The fourth-order valence-electron chi connectivity index (χ4n) is 2.08. The third-order valence-corrected chi connectivity index (χ3v) is 2.90. The summed E-state index contributed by atoms with van der Waals surface area (Å²) in [6, 6.07) is 6.95. The molecule has 0 aromatic heterocycles. The second-order valence-electron chi connectivity index (χ2n) is 4.59. The number of ether oxygens (including phenoxy) is 2. The van der Waals surface area contributed by atoms with Crippen LogP contribution in [0, 0.1) is 0 Å². The number of benzene rings is 1. The van der Waals surface area contributed by atoms with E-state index < -0.39 is 17.9 Å². The molecule has 0 amide bonds. The number of carboxylic acids is 1. The summed E-state index contributed by atoms with van der Waals surface area (Å²) < 4.78 is 11.1. The third kappa shape index (κ3) is 3.00. The van der Waals surface area contributed by atoms with Crippen LogP contribution in [-0.4, -0.2) is 34.7 Å². The molecule has 0 saturated carbocycles. The van der Waals surface area contributed by atoms with E-state index in [-0.39, 0.29) is 18.8 Å². The molecule has 1 fully saturated rings. The van der Waals surface area contributed by atoms with Gasteiger partial charge in [0.05, 0.1) is 19.1 Å². The van der Waals surface area contributed by atoms with Gasteiger partial charge in [-0.05, 0) is 18.6 Å². The van der Waals surface area contributed by atoms with Crippen LogP contribution in [0.15, 0.2) is 24.3 Å². The minimum atomic E-state index is -0.907. The summed E-state index contributed by atoms with van der Waals surface area (Å²) in [5, 5.41) is 18.4. The standard InChI is InChI=1S/C13H16O5/c1-13(7-9-4-2-3-5-11(9)14)17-8-10(18-13)6-12(15)16/h2-5,10,14H,6-8H2,1H3,(H,15,16). The topological polar surface area (TPSA) is 76.0 Å². The fourth-order valence-corrected chi connectivity index (χ4v) is 2.08. The molecule has 5 heteroatoms. The number of para-hydroxylation sites is 1. The lowest BCUT2D eigenvalue weighted by Crippen LogP contribution is -2.30. The highest BCUT2D eigenvalue weighted by Gasteiger charge is 2.38. The Morgan fingerprint density at radius 2 is 2.22 bits per heavy atom. The third-order valence-electron chi connectivity index (χ3n) is 2.90. The van der Waals surface area contributed by atoms with E-state index in [2.05, 4.69) is 0 Å². The van der Waals surface area contributed by atoms with Crippen LogP contribution in [0.25, 0.3) is 0 Å². The molecule has 1 aliphatic rings. The molecular formula is C13H16O5. The summed E-state index contributed by atoms with van der Waals surface area (Å²) >= 11 is 0. The van der Waals surface area contributed by atoms with Crippen molar-refractivity contribution in [2.45, 2.75) is 31.7 Å². The predicted molar refractivity (Wildman–Crippen MR) is 63.3 cm³/mol. The Hall–Kier alpha value is -1.59. The SMILES string of the molecule is CC1(Cc2ccccc2O)OCC(CC(=O)O)O1. The molecule has 0 aliphatic carbocycles. The molecule has 0 radical (unpaired) electrons. The number of carboxylic acid groups (broad SMARTS) is 1. The number of hydrogen-bond donors (Lipinski definition) is 2. The molecule has 2 unspecified atom stereocenters. The predicted octanol–water partition coefficient (Wildman–Crippen LogP) is 1.54. The normalized spacial score (nSPS) is 27.3. The van der Waals surface area contributed by atoms with E-state index in [0.29, 0.717) is 6.42 Å². The number of aromatic hydroxyl groups is 1. The van der Waals surface area contributed by atoms with Gasteiger partial charge in [0.25, 0.3) is 0 Å². The molecule has 2 rings (SSSR count). The highest BCUT2D eigenvalue weighted by molar-refractivity contribution is 5.67. The van der Waals surface area contributed by atoms with E-state index in [0.717, 1.165) is 5.56 Å². The Labute approximate surface area is 105 Å². The van der Waals surface area contributed by atoms with Crippen molar-refractivity contribution in [2.75, 3.05) is 6.61 Å². The van der Waals surface area contributed by atoms with Gasteiger partial charge < -0.3 is 19.7 Å². The number of aliphatic carboxylic acids is 1. The second-order valence-corrected chi connectivity index (χ2v) is 4.59. The number of phenols is 1. The Kier molecular flexibility index (Phi) is 3.54. The molecule has 5 nitrogen and oxygen atoms in total. The molecule has 1 heterocycles. The number of phenolic OH excluding ortho intramolecular Hbond substituents is 1. The summed E-state index contributed by atoms with van der Waals surface area (Å²) in [5.74, 6) is -1.60. The maximum Gasteiger partial charge on any atom is 0.306 e. The molecule has 1 aromatic carbocycles. The van der Waals surface area contributed by atoms with Gasteiger partial charge in [0.1, 0.15) is 5.75 Å². The van der Waals surface area contributed by atoms with Crippen LogP contribution in [0.5, 0.6) is 5.75 Å². The zero-order chi connectivity index (χ0) is 13.2. The average Bonchev–Trinajstić information content (AvgIpc) is 2.63. The Balaban J connectivity index is 2.02. The quantitative estimate of drug-likeness (QED) is 0.850. The second kappa shape index (κ2) is 4.96. The van der Waals surface area contributed by atoms with E-state index in [1.54, 1.807) is 25.1 Å². The maximum atomic E-state index is 10.6. The van der Waals surface area contributed by atoms with Crippen LogP contribution in [0.2, 0.25) is 0 Å². The van der Waals surface area contributed by atoms with E-state index in [1.807, 2.05) is 6.07 Å². The van der Waals surface area contributed by atoms with E-state index in [1.165, 1.54) is 0 Å². The van der Waals surface area contributed by atoms with Crippen molar-refractivity contribution >= 4 is 5.97 Å². The summed E-state index contributed by atoms with van der Waals surface area (Å²) in [6.07, 6.45) is -0.120. The molecule has 1 aromatic rings. The van der Waals surface area contributed by atoms with Crippen LogP contribution in [-0.2, 0) is 20.7 Å². The highest BCUT2D eigenvalue weighted by atomic mass is 16.7. The maximum absolute atomic E-state index is 10.6. The zero-order valence-corrected chi connectivity index (χ0v) is 10.1. The van der Waals surface area contributed by atoms with Crippen molar-refractivity contribution in [3.63, 3.8) is 0 Å². The molecular weight excluding hydrogens is 236 g/mol. The first-order valence-electron chi connectivity index (χ1n) is 5.79. The van der Waals surface area contributed by atoms with Crippen LogP contribution in [0.3, 0.4) is 0 Å². The van der Waals surface area contributed by atoms with Crippen LogP contribution >= 0.6 is 0 Å². The molecule has 1 aliphatic heterocycles. The lowest BCUT2D eigenvalue weighted by atomic mass is 10.1. The first-order valence-corrected chi connectivity index (χ1v) is 5.79. The van der Waals surface area contributed by atoms with Crippen LogP contribution in [0.4, 0.5) is 0 Å². The van der Waals surface area contributed by atoms with Crippen LogP contribution < -0.4 is 0 Å². The molecule has 1 saturated heterocycles. The Morgan fingerprint density at radius 3 is 2.89 bits per heavy atom. The molecule has 0 bridgehead atoms. The minimum Gasteiger partial charge on any atom is -0.508 e. The largest absolute Gasteiger partial charge is 0.508 e. The summed E-state index contributed by atoms with van der Waals surface area (Å²) in [6.45, 7) is 2.01. The molecule has 98 valence electrons. The lowest BCUT2D eigenvalue weighted by molar-refractivity contribution is -0.158. The monoisotopic (exact) mass is 252 g/mol. The lowest BCUT2D eigenvalue weighted by Gasteiger charge is -2.23. The number of carbonyl (C=O) groups is 1. The number of hydrogen-bond acceptors (Lipinski definition) is 4. The Morgan fingerprint density at radius 1 is 1.50 bits per heavy atom. The van der Waals surface area contributed by atoms with Gasteiger partial charge in [-0.1, -0.05) is 18.2 Å². The summed E-state index contributed by atoms with van der Waals surface area (Å²) in [4.78, 5) is 10.6. The van der Waals surface area contributed by atoms with Gasteiger partial charge >= 0.3 is 5.97 Å². The average molecular weight is 252 g/mol. The van der Waals surface area contributed by atoms with Gasteiger partial charge in [0.2, 0.25) is 0 Å². The molecule has 0 spiro atoms. The van der Waals surface area contributed by atoms with Crippen molar-refractivity contribution in [2.24, 2.45) is 0 Å². The summed E-state index contributed by atoms with van der Waals surface area (Å²) in [7, 11) is 0. The molecule has 2 atom stereocenters. The van der Waals surface area contributed by atoms with Crippen molar-refractivity contribution in [3.05, 3.63) is 29.8 Å². The van der Waals surface area contributed by atoms with Crippen LogP contribution in [0.1, 0.15) is 18.9 Å². The van der Waals surface area contributed by atoms with E-state index in [4.69, 9.17) is 14.6 Å². The van der Waals surface area contributed by atoms with Crippen molar-refractivity contribution < 1.29 is 24.5 Å². The molecule has 2 N–H and O–H groups in total. The van der Waals surface area contributed by atoms with Crippen molar-refractivity contribution in [3.8, 4) is 5.75 Å². The van der Waals surface area contributed by atoms with Gasteiger partial charge in [0, 0.05) is 6.42 Å².